The molecule has 1 heterocycles. The molecular formula is C11H15N3O5S. The third kappa shape index (κ3) is 2.87. The number of sulfone groups is 1. The molecular weight excluding hydrogens is 286 g/mol. The lowest BCUT2D eigenvalue weighted by Crippen LogP contribution is -2.19. The molecule has 1 aromatic heterocycles. The summed E-state index contributed by atoms with van der Waals surface area (Å²) in [5, 5.41) is 14.3. The number of rotatable bonds is 4. The number of aldehydes is 1. The molecule has 0 spiro atoms. The van der Waals surface area contributed by atoms with Crippen molar-refractivity contribution in [3.63, 3.8) is 0 Å². The quantitative estimate of drug-likeness (QED) is 0.468. The van der Waals surface area contributed by atoms with Gasteiger partial charge in [-0.05, 0) is 25.7 Å². The second-order valence-corrected chi connectivity index (χ2v) is 6.96. The summed E-state index contributed by atoms with van der Waals surface area (Å²) in [6.45, 7) is 0. The van der Waals surface area contributed by atoms with E-state index in [-0.39, 0.29) is 12.0 Å². The van der Waals surface area contributed by atoms with E-state index < -0.39 is 25.5 Å². The Kier molecular flexibility index (Phi) is 3.89. The van der Waals surface area contributed by atoms with Crippen LogP contribution in [0.2, 0.25) is 0 Å². The maximum absolute atomic E-state index is 11.5. The Labute approximate surface area is 115 Å². The van der Waals surface area contributed by atoms with Gasteiger partial charge in [0.05, 0.1) is 11.0 Å². The maximum atomic E-state index is 11.5. The summed E-state index contributed by atoms with van der Waals surface area (Å²) >= 11 is 0. The zero-order chi connectivity index (χ0) is 14.9. The third-order valence-electron chi connectivity index (χ3n) is 3.54. The van der Waals surface area contributed by atoms with E-state index in [1.165, 1.54) is 10.9 Å². The molecule has 0 aliphatic heterocycles. The molecule has 0 aromatic carbocycles. The Bertz CT molecular complexity index is 628. The number of carbonyl (C=O) groups excluding carboxylic acids is 1. The Morgan fingerprint density at radius 2 is 2.00 bits per heavy atom. The summed E-state index contributed by atoms with van der Waals surface area (Å²) in [7, 11) is -3.74. The first kappa shape index (κ1) is 14.6. The average molecular weight is 301 g/mol. The van der Waals surface area contributed by atoms with Crippen molar-refractivity contribution >= 4 is 21.8 Å². The molecule has 0 radical (unpaired) electrons. The average Bonchev–Trinajstić information content (AvgIpc) is 2.84. The summed E-state index contributed by atoms with van der Waals surface area (Å²) in [6.07, 6.45) is 5.69. The Hall–Kier alpha value is -1.77. The van der Waals surface area contributed by atoms with Crippen molar-refractivity contribution in [2.24, 2.45) is 5.92 Å². The summed E-state index contributed by atoms with van der Waals surface area (Å²) < 4.78 is 24.4. The first-order chi connectivity index (χ1) is 9.32. The van der Waals surface area contributed by atoms with Crippen molar-refractivity contribution in [2.75, 3.05) is 6.26 Å². The molecule has 1 aliphatic carbocycles. The van der Waals surface area contributed by atoms with Crippen LogP contribution >= 0.6 is 0 Å². The van der Waals surface area contributed by atoms with Gasteiger partial charge in [0.1, 0.15) is 12.5 Å². The monoisotopic (exact) mass is 301 g/mol. The highest BCUT2D eigenvalue weighted by atomic mass is 32.2. The van der Waals surface area contributed by atoms with Crippen molar-refractivity contribution in [3.05, 3.63) is 16.3 Å². The van der Waals surface area contributed by atoms with Gasteiger partial charge in [-0.1, -0.05) is 0 Å². The Balaban J connectivity index is 2.31. The number of aromatic nitrogens is 2. The molecule has 0 unspecified atom stereocenters. The van der Waals surface area contributed by atoms with Gasteiger partial charge in [-0.3, -0.25) is 14.8 Å². The standard InChI is InChI=1S/C11H15N3O5S/c1-20(18,19)11-10(14(16)17)6-13(12-11)9-4-2-8(7-15)3-5-9/h6-9H,2-5H2,1H3. The molecule has 2 rings (SSSR count). The molecule has 8 nitrogen and oxygen atoms in total. The lowest BCUT2D eigenvalue weighted by molar-refractivity contribution is -0.387. The van der Waals surface area contributed by atoms with E-state index in [0.29, 0.717) is 25.7 Å². The fourth-order valence-electron chi connectivity index (χ4n) is 2.44. The number of hydrogen-bond donors (Lipinski definition) is 0. The summed E-state index contributed by atoms with van der Waals surface area (Å²) in [5.41, 5.74) is -0.495. The van der Waals surface area contributed by atoms with Crippen LogP contribution in [0.5, 0.6) is 0 Å². The van der Waals surface area contributed by atoms with Crippen molar-refractivity contribution < 1.29 is 18.1 Å². The number of carbonyl (C=O) groups is 1. The van der Waals surface area contributed by atoms with E-state index in [4.69, 9.17) is 0 Å². The number of nitrogens with zero attached hydrogens (tertiary/aromatic N) is 3. The van der Waals surface area contributed by atoms with Crippen molar-refractivity contribution in [1.82, 2.24) is 9.78 Å². The van der Waals surface area contributed by atoms with Gasteiger partial charge in [-0.2, -0.15) is 5.10 Å². The van der Waals surface area contributed by atoms with Crippen LogP contribution < -0.4 is 0 Å². The Morgan fingerprint density at radius 3 is 2.40 bits per heavy atom. The van der Waals surface area contributed by atoms with Crippen LogP contribution in [0.3, 0.4) is 0 Å². The van der Waals surface area contributed by atoms with Crippen molar-refractivity contribution in [3.8, 4) is 0 Å². The lowest BCUT2D eigenvalue weighted by atomic mass is 9.87. The molecule has 0 N–H and O–H groups in total. The van der Waals surface area contributed by atoms with Crippen LogP contribution in [-0.2, 0) is 14.6 Å². The van der Waals surface area contributed by atoms with Crippen LogP contribution in [0.1, 0.15) is 31.7 Å². The zero-order valence-corrected chi connectivity index (χ0v) is 11.7. The molecule has 0 bridgehead atoms. The highest BCUT2D eigenvalue weighted by Gasteiger charge is 2.31. The second kappa shape index (κ2) is 5.31. The highest BCUT2D eigenvalue weighted by molar-refractivity contribution is 7.90. The molecule has 9 heteroatoms. The van der Waals surface area contributed by atoms with E-state index in [1.54, 1.807) is 0 Å². The molecule has 1 aliphatic rings. The molecule has 1 aromatic rings. The maximum Gasteiger partial charge on any atom is 0.326 e. The molecule has 0 saturated heterocycles. The van der Waals surface area contributed by atoms with Gasteiger partial charge in [-0.25, -0.2) is 8.42 Å². The predicted octanol–water partition coefficient (Wildman–Crippen LogP) is 1.12. The normalized spacial score (nSPS) is 23.4. The van der Waals surface area contributed by atoms with Gasteiger partial charge >= 0.3 is 5.69 Å². The summed E-state index contributed by atoms with van der Waals surface area (Å²) in [6, 6.07) is -0.0969. The largest absolute Gasteiger partial charge is 0.326 e. The fraction of sp³-hybridized carbons (Fsp3) is 0.636. The smallest absolute Gasteiger partial charge is 0.303 e. The van der Waals surface area contributed by atoms with E-state index in [1.807, 2.05) is 0 Å². The van der Waals surface area contributed by atoms with E-state index >= 15 is 0 Å². The molecule has 20 heavy (non-hydrogen) atoms. The first-order valence-electron chi connectivity index (χ1n) is 6.22. The molecule has 110 valence electrons. The zero-order valence-electron chi connectivity index (χ0n) is 10.9. The topological polar surface area (TPSA) is 112 Å². The van der Waals surface area contributed by atoms with E-state index in [9.17, 15) is 23.3 Å². The first-order valence-corrected chi connectivity index (χ1v) is 8.11. The molecule has 0 amide bonds. The molecule has 1 saturated carbocycles. The van der Waals surface area contributed by atoms with Gasteiger partial charge in [0.15, 0.2) is 0 Å². The lowest BCUT2D eigenvalue weighted by Gasteiger charge is -2.25. The second-order valence-electron chi connectivity index (χ2n) is 5.03. The minimum atomic E-state index is -3.74. The van der Waals surface area contributed by atoms with Crippen molar-refractivity contribution in [2.45, 2.75) is 36.8 Å². The van der Waals surface area contributed by atoms with Gasteiger partial charge < -0.3 is 4.79 Å². The Morgan fingerprint density at radius 1 is 1.40 bits per heavy atom. The van der Waals surface area contributed by atoms with Gasteiger partial charge in [0.2, 0.25) is 9.84 Å². The number of nitro groups is 1. The van der Waals surface area contributed by atoms with Gasteiger partial charge in [0.25, 0.3) is 5.03 Å². The SMILES string of the molecule is CS(=O)(=O)c1nn(C2CCC(C=O)CC2)cc1[N+](=O)[O-]. The fourth-order valence-corrected chi connectivity index (χ4v) is 3.19. The van der Waals surface area contributed by atoms with Crippen LogP contribution in [0.25, 0.3) is 0 Å². The molecule has 0 atom stereocenters. The van der Waals surface area contributed by atoms with Crippen LogP contribution in [0, 0.1) is 16.0 Å². The van der Waals surface area contributed by atoms with Crippen LogP contribution in [0.15, 0.2) is 11.2 Å². The predicted molar refractivity (Wildman–Crippen MR) is 69.1 cm³/mol. The summed E-state index contributed by atoms with van der Waals surface area (Å²) in [5.74, 6) is 0.0196. The van der Waals surface area contributed by atoms with Crippen LogP contribution in [-0.4, -0.2) is 35.7 Å². The third-order valence-corrected chi connectivity index (χ3v) is 4.53. The highest BCUT2D eigenvalue weighted by Crippen LogP contribution is 2.33. The molecule has 1 fully saturated rings. The van der Waals surface area contributed by atoms with Crippen LogP contribution in [0.4, 0.5) is 5.69 Å². The minimum Gasteiger partial charge on any atom is -0.303 e. The van der Waals surface area contributed by atoms with Gasteiger partial charge in [-0.15, -0.1) is 0 Å². The number of hydrogen-bond acceptors (Lipinski definition) is 6. The minimum absolute atomic E-state index is 0.0196. The van der Waals surface area contributed by atoms with Gasteiger partial charge in [0, 0.05) is 12.2 Å². The van der Waals surface area contributed by atoms with E-state index in [0.717, 1.165) is 12.5 Å². The van der Waals surface area contributed by atoms with E-state index in [2.05, 4.69) is 5.10 Å². The summed E-state index contributed by atoms with van der Waals surface area (Å²) in [4.78, 5) is 20.9. The van der Waals surface area contributed by atoms with Crippen molar-refractivity contribution in [1.29, 1.82) is 0 Å².